The minimum Gasteiger partial charge on any atom is -0.482 e. The predicted molar refractivity (Wildman–Crippen MR) is 60.5 cm³/mol. The molecule has 0 radical (unpaired) electrons. The number of benzene rings is 1. The number of nitrogens with one attached hydrogen (secondary N) is 1. The van der Waals surface area contributed by atoms with Crippen molar-refractivity contribution in [2.75, 3.05) is 17.7 Å². The fourth-order valence-corrected chi connectivity index (χ4v) is 1.72. The highest BCUT2D eigenvalue weighted by Crippen LogP contribution is 2.34. The molecule has 17 heavy (non-hydrogen) atoms. The van der Waals surface area contributed by atoms with E-state index in [1.54, 1.807) is 12.1 Å². The first-order valence-corrected chi connectivity index (χ1v) is 5.01. The van der Waals surface area contributed by atoms with Gasteiger partial charge in [-0.25, -0.2) is 0 Å². The van der Waals surface area contributed by atoms with Gasteiger partial charge in [0.1, 0.15) is 5.75 Å². The number of aromatic nitrogens is 1. The average Bonchev–Trinajstić information content (AvgIpc) is 2.74. The second kappa shape index (κ2) is 3.51. The lowest BCUT2D eigenvalue weighted by molar-refractivity contribution is -0.118. The van der Waals surface area contributed by atoms with Crippen LogP contribution in [0.4, 0.5) is 11.6 Å². The average molecular weight is 231 g/mol. The molecule has 3 rings (SSSR count). The summed E-state index contributed by atoms with van der Waals surface area (Å²) in [5.74, 6) is 0.712. The van der Waals surface area contributed by atoms with Gasteiger partial charge in [-0.1, -0.05) is 11.2 Å². The van der Waals surface area contributed by atoms with Crippen LogP contribution in [0.5, 0.6) is 5.75 Å². The number of fused-ring (bicyclic) bond motifs is 1. The zero-order valence-electron chi connectivity index (χ0n) is 8.77. The molecule has 1 amide bonds. The minimum atomic E-state index is -0.173. The Morgan fingerprint density at radius 3 is 3.06 bits per heavy atom. The second-order valence-electron chi connectivity index (χ2n) is 3.65. The smallest absolute Gasteiger partial charge is 0.262 e. The molecule has 2 aromatic rings. The Labute approximate surface area is 96.3 Å². The third-order valence-corrected chi connectivity index (χ3v) is 2.52. The van der Waals surface area contributed by atoms with Crippen LogP contribution in [0.3, 0.4) is 0 Å². The molecule has 6 nitrogen and oxygen atoms in total. The van der Waals surface area contributed by atoms with E-state index in [1.165, 1.54) is 6.20 Å². The Balaban J connectivity index is 2.06. The van der Waals surface area contributed by atoms with E-state index in [2.05, 4.69) is 10.5 Å². The lowest BCUT2D eigenvalue weighted by Gasteiger charge is -2.18. The van der Waals surface area contributed by atoms with Crippen molar-refractivity contribution in [1.29, 1.82) is 0 Å². The highest BCUT2D eigenvalue weighted by molar-refractivity contribution is 5.96. The van der Waals surface area contributed by atoms with E-state index >= 15 is 0 Å². The van der Waals surface area contributed by atoms with Crippen molar-refractivity contribution < 1.29 is 14.1 Å². The molecular weight excluding hydrogens is 222 g/mol. The van der Waals surface area contributed by atoms with Crippen molar-refractivity contribution in [3.8, 4) is 16.9 Å². The zero-order valence-corrected chi connectivity index (χ0v) is 8.77. The lowest BCUT2D eigenvalue weighted by atomic mass is 10.1. The third-order valence-electron chi connectivity index (χ3n) is 2.52. The van der Waals surface area contributed by atoms with E-state index < -0.39 is 0 Å². The van der Waals surface area contributed by atoms with Crippen molar-refractivity contribution in [3.63, 3.8) is 0 Å². The van der Waals surface area contributed by atoms with Gasteiger partial charge in [0.2, 0.25) is 5.88 Å². The van der Waals surface area contributed by atoms with E-state index in [0.717, 1.165) is 5.56 Å². The van der Waals surface area contributed by atoms with Gasteiger partial charge in [0.05, 0.1) is 17.4 Å². The van der Waals surface area contributed by atoms with Gasteiger partial charge >= 0.3 is 0 Å². The van der Waals surface area contributed by atoms with Gasteiger partial charge in [-0.15, -0.1) is 0 Å². The number of nitrogens with zero attached hydrogens (tertiary/aromatic N) is 1. The number of nitrogens with two attached hydrogens (primary N) is 1. The molecule has 6 heteroatoms. The Bertz CT molecular complexity index is 591. The third kappa shape index (κ3) is 1.59. The molecule has 0 atom stereocenters. The van der Waals surface area contributed by atoms with Crippen molar-refractivity contribution in [2.45, 2.75) is 0 Å². The molecule has 1 aromatic heterocycles. The molecular formula is C11H9N3O3. The Morgan fingerprint density at radius 2 is 2.29 bits per heavy atom. The monoisotopic (exact) mass is 231 g/mol. The van der Waals surface area contributed by atoms with Crippen molar-refractivity contribution in [3.05, 3.63) is 24.4 Å². The highest BCUT2D eigenvalue weighted by Gasteiger charge is 2.17. The Hall–Kier alpha value is -2.50. The molecule has 1 aromatic carbocycles. The Kier molecular flexibility index (Phi) is 2.01. The summed E-state index contributed by atoms with van der Waals surface area (Å²) in [6.07, 6.45) is 1.53. The molecule has 0 unspecified atom stereocenters. The lowest BCUT2D eigenvalue weighted by Crippen LogP contribution is -2.25. The summed E-state index contributed by atoms with van der Waals surface area (Å²) < 4.78 is 10.0. The SMILES string of the molecule is Nc1oncc1-c1ccc2c(c1)NC(=O)CO2. The van der Waals surface area contributed by atoms with Crippen LogP contribution < -0.4 is 15.8 Å². The van der Waals surface area contributed by atoms with E-state index in [4.69, 9.17) is 15.0 Å². The summed E-state index contributed by atoms with van der Waals surface area (Å²) in [7, 11) is 0. The van der Waals surface area contributed by atoms with Gasteiger partial charge in [0, 0.05) is 0 Å². The van der Waals surface area contributed by atoms with Crippen LogP contribution in [-0.4, -0.2) is 17.7 Å². The molecule has 86 valence electrons. The molecule has 0 saturated heterocycles. The van der Waals surface area contributed by atoms with Crippen LogP contribution in [0, 0.1) is 0 Å². The summed E-state index contributed by atoms with van der Waals surface area (Å²) >= 11 is 0. The molecule has 0 bridgehead atoms. The second-order valence-corrected chi connectivity index (χ2v) is 3.65. The summed E-state index contributed by atoms with van der Waals surface area (Å²) in [4.78, 5) is 11.2. The number of anilines is 2. The summed E-state index contributed by atoms with van der Waals surface area (Å²) in [6, 6.07) is 5.38. The fraction of sp³-hybridized carbons (Fsp3) is 0.0909. The number of carbonyl (C=O) groups is 1. The standard InChI is InChI=1S/C11H9N3O3/c12-11-7(4-13-17-11)6-1-2-9-8(3-6)14-10(15)5-16-9/h1-4H,5,12H2,(H,14,15). The molecule has 0 aliphatic carbocycles. The number of hydrogen-bond donors (Lipinski definition) is 2. The van der Waals surface area contributed by atoms with E-state index in [1.807, 2.05) is 6.07 Å². The van der Waals surface area contributed by atoms with Gasteiger partial charge in [-0.3, -0.25) is 4.79 Å². The summed E-state index contributed by atoms with van der Waals surface area (Å²) in [5, 5.41) is 6.33. The molecule has 1 aliphatic heterocycles. The van der Waals surface area contributed by atoms with Gasteiger partial charge in [0.15, 0.2) is 6.61 Å². The minimum absolute atomic E-state index is 0.0434. The van der Waals surface area contributed by atoms with Crippen LogP contribution in [0.15, 0.2) is 28.9 Å². The molecule has 0 fully saturated rings. The van der Waals surface area contributed by atoms with Crippen LogP contribution in [0.25, 0.3) is 11.1 Å². The number of rotatable bonds is 1. The molecule has 0 spiro atoms. The van der Waals surface area contributed by atoms with Gasteiger partial charge in [-0.05, 0) is 17.7 Å². The topological polar surface area (TPSA) is 90.4 Å². The summed E-state index contributed by atoms with van der Waals surface area (Å²) in [5.41, 5.74) is 7.75. The molecule has 3 N–H and O–H groups in total. The van der Waals surface area contributed by atoms with Crippen molar-refractivity contribution >= 4 is 17.5 Å². The number of amides is 1. The quantitative estimate of drug-likeness (QED) is 0.770. The van der Waals surface area contributed by atoms with Gasteiger partial charge in [0.25, 0.3) is 5.91 Å². The fourth-order valence-electron chi connectivity index (χ4n) is 1.72. The highest BCUT2D eigenvalue weighted by atomic mass is 16.5. The van der Waals surface area contributed by atoms with Crippen LogP contribution in [-0.2, 0) is 4.79 Å². The Morgan fingerprint density at radius 1 is 1.41 bits per heavy atom. The van der Waals surface area contributed by atoms with Crippen molar-refractivity contribution in [2.24, 2.45) is 0 Å². The normalized spacial score (nSPS) is 13.8. The van der Waals surface area contributed by atoms with Gasteiger partial charge in [-0.2, -0.15) is 0 Å². The maximum Gasteiger partial charge on any atom is 0.262 e. The number of hydrogen-bond acceptors (Lipinski definition) is 5. The van der Waals surface area contributed by atoms with Crippen LogP contribution >= 0.6 is 0 Å². The zero-order chi connectivity index (χ0) is 11.8. The first-order chi connectivity index (χ1) is 8.24. The van der Waals surface area contributed by atoms with E-state index in [-0.39, 0.29) is 18.4 Å². The predicted octanol–water partition coefficient (Wildman–Crippen LogP) is 1.25. The van der Waals surface area contributed by atoms with Crippen molar-refractivity contribution in [1.82, 2.24) is 5.16 Å². The van der Waals surface area contributed by atoms with Crippen LogP contribution in [0.1, 0.15) is 0 Å². The first-order valence-electron chi connectivity index (χ1n) is 5.01. The molecule has 1 aliphatic rings. The molecule has 2 heterocycles. The number of nitrogen functional groups attached to an aromatic ring is 1. The van der Waals surface area contributed by atoms with E-state index in [0.29, 0.717) is 17.0 Å². The maximum atomic E-state index is 11.2. The van der Waals surface area contributed by atoms with Gasteiger partial charge < -0.3 is 20.3 Å². The van der Waals surface area contributed by atoms with E-state index in [9.17, 15) is 4.79 Å². The number of carbonyl (C=O) groups excluding carboxylic acids is 1. The first kappa shape index (κ1) is 9.71. The van der Waals surface area contributed by atoms with Crippen LogP contribution in [0.2, 0.25) is 0 Å². The maximum absolute atomic E-state index is 11.2. The summed E-state index contributed by atoms with van der Waals surface area (Å²) in [6.45, 7) is 0.0434. The largest absolute Gasteiger partial charge is 0.482 e. The number of ether oxygens (including phenoxy) is 1. The molecule has 0 saturated carbocycles.